The number of hydrogen-bond donors (Lipinski definition) is 1. The minimum atomic E-state index is 1.03. The second-order valence-electron chi connectivity index (χ2n) is 12.3. The number of benzene rings is 7. The number of anilines is 2. The summed E-state index contributed by atoms with van der Waals surface area (Å²) in [7, 11) is 0. The predicted octanol–water partition coefficient (Wildman–Crippen LogP) is 13.2. The molecule has 2 nitrogen and oxygen atoms in total. The van der Waals surface area contributed by atoms with Crippen LogP contribution in [0.1, 0.15) is 18.2 Å². The second-order valence-corrected chi connectivity index (χ2v) is 12.3. The topological polar surface area (TPSA) is 17.0 Å². The van der Waals surface area contributed by atoms with Gasteiger partial charge in [0.25, 0.3) is 0 Å². The third-order valence-electron chi connectivity index (χ3n) is 9.28. The fraction of sp³-hybridized carbons (Fsp3) is 0.0213. The highest BCUT2D eigenvalue weighted by Gasteiger charge is 2.19. The molecule has 1 N–H and O–H groups in total. The molecule has 0 spiro atoms. The van der Waals surface area contributed by atoms with Crippen LogP contribution in [0.3, 0.4) is 0 Å². The zero-order valence-electron chi connectivity index (χ0n) is 27.5. The van der Waals surface area contributed by atoms with Crippen LogP contribution in [-0.4, -0.2) is 4.57 Å². The molecule has 0 unspecified atom stereocenters. The molecule has 8 aromatic rings. The molecule has 0 amide bonds. The summed E-state index contributed by atoms with van der Waals surface area (Å²) in [4.78, 5) is 0. The first-order chi connectivity index (χ1) is 24.2. The fourth-order valence-corrected chi connectivity index (χ4v) is 6.86. The van der Waals surface area contributed by atoms with E-state index in [0.29, 0.717) is 0 Å². The average Bonchev–Trinajstić information content (AvgIpc) is 3.47. The van der Waals surface area contributed by atoms with E-state index in [-0.39, 0.29) is 0 Å². The first-order valence-corrected chi connectivity index (χ1v) is 16.8. The van der Waals surface area contributed by atoms with Crippen molar-refractivity contribution >= 4 is 45.2 Å². The molecule has 2 heteroatoms. The van der Waals surface area contributed by atoms with Crippen molar-refractivity contribution in [3.05, 3.63) is 188 Å². The molecule has 49 heavy (non-hydrogen) atoms. The molecule has 7 aromatic carbocycles. The largest absolute Gasteiger partial charge is 0.355 e. The lowest BCUT2D eigenvalue weighted by Gasteiger charge is -2.16. The van der Waals surface area contributed by atoms with Crippen LogP contribution in [0.2, 0.25) is 0 Å². The van der Waals surface area contributed by atoms with Crippen molar-refractivity contribution in [1.29, 1.82) is 0 Å². The molecule has 0 fully saturated rings. The van der Waals surface area contributed by atoms with Gasteiger partial charge in [0.1, 0.15) is 0 Å². The van der Waals surface area contributed by atoms with Gasteiger partial charge in [0.05, 0.1) is 11.2 Å². The molecular weight excluding hydrogens is 593 g/mol. The van der Waals surface area contributed by atoms with Crippen LogP contribution in [-0.2, 0) is 0 Å². The molecule has 0 bridgehead atoms. The summed E-state index contributed by atoms with van der Waals surface area (Å²) < 4.78 is 2.36. The third-order valence-corrected chi connectivity index (χ3v) is 9.28. The van der Waals surface area contributed by atoms with E-state index in [1.807, 2.05) is 6.08 Å². The smallest absolute Gasteiger partial charge is 0.0562 e. The van der Waals surface area contributed by atoms with Gasteiger partial charge in [-0.2, -0.15) is 0 Å². The zero-order valence-corrected chi connectivity index (χ0v) is 27.5. The lowest BCUT2D eigenvalue weighted by atomic mass is 9.99. The Morgan fingerprint density at radius 1 is 0.551 bits per heavy atom. The second kappa shape index (κ2) is 13.0. The number of rotatable bonds is 8. The Kier molecular flexibility index (Phi) is 7.97. The average molecular weight is 629 g/mol. The Labute approximate surface area is 287 Å². The van der Waals surface area contributed by atoms with Crippen LogP contribution in [0, 0.1) is 0 Å². The van der Waals surface area contributed by atoms with Gasteiger partial charge < -0.3 is 9.88 Å². The summed E-state index contributed by atoms with van der Waals surface area (Å²) in [6.45, 7) is 6.34. The highest BCUT2D eigenvalue weighted by Crippen LogP contribution is 2.40. The Hall–Kier alpha value is -6.38. The van der Waals surface area contributed by atoms with Gasteiger partial charge in [-0.15, -0.1) is 0 Å². The van der Waals surface area contributed by atoms with Gasteiger partial charge in [0.2, 0.25) is 0 Å². The highest BCUT2D eigenvalue weighted by molar-refractivity contribution is 6.02. The van der Waals surface area contributed by atoms with Crippen molar-refractivity contribution < 1.29 is 0 Å². The van der Waals surface area contributed by atoms with Crippen molar-refractivity contribution in [2.75, 3.05) is 5.32 Å². The number of allylic oxidation sites excluding steroid dienone is 1. The van der Waals surface area contributed by atoms with Crippen LogP contribution < -0.4 is 5.32 Å². The minimum Gasteiger partial charge on any atom is -0.355 e. The molecule has 0 aliphatic rings. The fourth-order valence-electron chi connectivity index (χ4n) is 6.86. The van der Waals surface area contributed by atoms with Gasteiger partial charge in [0, 0.05) is 33.6 Å². The summed E-state index contributed by atoms with van der Waals surface area (Å²) in [5.41, 5.74) is 13.6. The number of hydrogen-bond acceptors (Lipinski definition) is 1. The van der Waals surface area contributed by atoms with Crippen molar-refractivity contribution in [2.45, 2.75) is 6.92 Å². The van der Waals surface area contributed by atoms with Crippen LogP contribution >= 0.6 is 0 Å². The maximum atomic E-state index is 4.27. The molecule has 0 aliphatic carbocycles. The van der Waals surface area contributed by atoms with E-state index >= 15 is 0 Å². The number of fused-ring (bicyclic) bond motifs is 2. The van der Waals surface area contributed by atoms with Crippen molar-refractivity contribution in [3.63, 3.8) is 0 Å². The summed E-state index contributed by atoms with van der Waals surface area (Å²) in [6.07, 6.45) is 6.28. The molecule has 0 saturated heterocycles. The lowest BCUT2D eigenvalue weighted by molar-refractivity contribution is 1.10. The van der Waals surface area contributed by atoms with Gasteiger partial charge in [0.15, 0.2) is 0 Å². The molecule has 1 aromatic heterocycles. The van der Waals surface area contributed by atoms with Crippen LogP contribution in [0.5, 0.6) is 0 Å². The third kappa shape index (κ3) is 5.75. The van der Waals surface area contributed by atoms with Gasteiger partial charge in [-0.25, -0.2) is 0 Å². The molecule has 0 aliphatic heterocycles. The number of nitrogens with zero attached hydrogens (tertiary/aromatic N) is 1. The SMILES string of the molecule is C=Cc1c(/C=C\C)n(-c2ccc(-c3ccc4ccccc4c3)cc2)c2cc(Nc3ccc(-c4ccccc4)cc3)c(-c3ccccc3)cc12. The monoisotopic (exact) mass is 628 g/mol. The molecule has 0 saturated carbocycles. The Morgan fingerprint density at radius 2 is 1.14 bits per heavy atom. The van der Waals surface area contributed by atoms with E-state index in [1.54, 1.807) is 0 Å². The van der Waals surface area contributed by atoms with Gasteiger partial charge in [-0.3, -0.25) is 0 Å². The summed E-state index contributed by atoms with van der Waals surface area (Å²) in [5.74, 6) is 0. The van der Waals surface area contributed by atoms with E-state index in [0.717, 1.165) is 50.3 Å². The summed E-state index contributed by atoms with van der Waals surface area (Å²) >= 11 is 0. The Balaban J connectivity index is 1.26. The van der Waals surface area contributed by atoms with Gasteiger partial charge in [-0.05, 0) is 94.1 Å². The van der Waals surface area contributed by atoms with E-state index in [1.165, 1.54) is 33.0 Å². The van der Waals surface area contributed by atoms with Crippen molar-refractivity contribution in [2.24, 2.45) is 0 Å². The van der Waals surface area contributed by atoms with Crippen molar-refractivity contribution in [1.82, 2.24) is 4.57 Å². The lowest BCUT2D eigenvalue weighted by Crippen LogP contribution is -1.99. The van der Waals surface area contributed by atoms with E-state index in [2.05, 4.69) is 199 Å². The maximum Gasteiger partial charge on any atom is 0.0562 e. The molecule has 234 valence electrons. The number of nitrogens with one attached hydrogen (secondary N) is 1. The van der Waals surface area contributed by atoms with E-state index in [9.17, 15) is 0 Å². The van der Waals surface area contributed by atoms with Gasteiger partial charge >= 0.3 is 0 Å². The van der Waals surface area contributed by atoms with Gasteiger partial charge in [-0.1, -0.05) is 140 Å². The summed E-state index contributed by atoms with van der Waals surface area (Å²) in [5, 5.41) is 7.44. The number of aromatic nitrogens is 1. The van der Waals surface area contributed by atoms with E-state index in [4.69, 9.17) is 0 Å². The highest BCUT2D eigenvalue weighted by atomic mass is 15.0. The normalized spacial score (nSPS) is 11.4. The van der Waals surface area contributed by atoms with E-state index < -0.39 is 0 Å². The molecular formula is C47H36N2. The Morgan fingerprint density at radius 3 is 1.84 bits per heavy atom. The predicted molar refractivity (Wildman–Crippen MR) is 212 cm³/mol. The molecule has 1 heterocycles. The van der Waals surface area contributed by atoms with Crippen LogP contribution in [0.25, 0.3) is 72.9 Å². The molecule has 8 rings (SSSR count). The molecule has 0 radical (unpaired) electrons. The first-order valence-electron chi connectivity index (χ1n) is 16.8. The first kappa shape index (κ1) is 30.0. The minimum absolute atomic E-state index is 1.03. The quantitative estimate of drug-likeness (QED) is 0.177. The zero-order chi connectivity index (χ0) is 33.2. The van der Waals surface area contributed by atoms with Crippen molar-refractivity contribution in [3.8, 4) is 39.1 Å². The van der Waals surface area contributed by atoms with Crippen LogP contribution in [0.15, 0.2) is 176 Å². The molecule has 0 atom stereocenters. The van der Waals surface area contributed by atoms with Crippen LogP contribution in [0.4, 0.5) is 11.4 Å². The summed E-state index contributed by atoms with van der Waals surface area (Å²) in [6, 6.07) is 58.5. The Bertz CT molecular complexity index is 2450. The maximum absolute atomic E-state index is 4.27. The standard InChI is InChI=1S/C47H36N2/c1-3-13-46-42(4-2)44-31-43(37-17-9-6-10-18-37)45(48-40-26-22-35(23-27-40)33-14-7-5-8-15-33)32-47(44)49(46)41-28-24-36(25-29-41)39-21-20-34-16-11-12-19-38(34)30-39/h3-32,48H,2H2,1H3/b13-3-.